The van der Waals surface area contributed by atoms with Gasteiger partial charge in [-0.05, 0) is 61.7 Å². The zero-order chi connectivity index (χ0) is 24.2. The molecule has 2 N–H and O–H groups in total. The maximum Gasteiger partial charge on any atom is 0.257 e. The van der Waals surface area contributed by atoms with Gasteiger partial charge in [0.1, 0.15) is 0 Å². The van der Waals surface area contributed by atoms with E-state index in [0.29, 0.717) is 23.5 Å². The summed E-state index contributed by atoms with van der Waals surface area (Å²) in [5, 5.41) is 2.79. The van der Waals surface area contributed by atoms with E-state index >= 15 is 0 Å². The molecular weight excluding hydrogens is 464 g/mol. The zero-order valence-electron chi connectivity index (χ0n) is 19.0. The van der Waals surface area contributed by atoms with Crippen LogP contribution in [0.2, 0.25) is 0 Å². The van der Waals surface area contributed by atoms with Crippen molar-refractivity contribution in [2.75, 3.05) is 47.9 Å². The Balaban J connectivity index is 1.87. The molecule has 0 atom stereocenters. The maximum absolute atomic E-state index is 13.2. The number of nitrogens with one attached hydrogen (secondary N) is 2. The average Bonchev–Trinajstić information content (AvgIpc) is 3.29. The normalized spacial score (nSPS) is 14.5. The summed E-state index contributed by atoms with van der Waals surface area (Å²) in [7, 11) is -4.22. The summed E-state index contributed by atoms with van der Waals surface area (Å²) in [4.78, 5) is 15.3. The standard InChI is InChI=1S/C22H30N4O5S2/c1-4-15-32(28,29)24-18-9-7-17(8-10-18)23-22(27)20-16-19(33(30,31)25(2)3)11-12-21(20)26-13-5-6-14-26/h7-12,16,24H,4-6,13-15H2,1-3H3,(H,23,27). The Kier molecular flexibility index (Phi) is 7.65. The molecule has 11 heteroatoms. The first-order chi connectivity index (χ1) is 15.5. The number of anilines is 3. The van der Waals surface area contributed by atoms with E-state index in [9.17, 15) is 21.6 Å². The highest BCUT2D eigenvalue weighted by Gasteiger charge is 2.24. The van der Waals surface area contributed by atoms with Crippen LogP contribution in [0.1, 0.15) is 36.5 Å². The van der Waals surface area contributed by atoms with Gasteiger partial charge in [-0.2, -0.15) is 0 Å². The predicted molar refractivity (Wildman–Crippen MR) is 131 cm³/mol. The first-order valence-corrected chi connectivity index (χ1v) is 13.9. The lowest BCUT2D eigenvalue weighted by Gasteiger charge is -2.22. The van der Waals surface area contributed by atoms with E-state index in [1.54, 1.807) is 37.3 Å². The van der Waals surface area contributed by atoms with Gasteiger partial charge in [0.05, 0.1) is 16.2 Å². The Labute approximate surface area is 195 Å². The van der Waals surface area contributed by atoms with E-state index in [1.807, 2.05) is 0 Å². The van der Waals surface area contributed by atoms with Crippen molar-refractivity contribution in [3.63, 3.8) is 0 Å². The smallest absolute Gasteiger partial charge is 0.257 e. The quantitative estimate of drug-likeness (QED) is 0.554. The van der Waals surface area contributed by atoms with E-state index in [4.69, 9.17) is 0 Å². The van der Waals surface area contributed by atoms with Gasteiger partial charge < -0.3 is 10.2 Å². The van der Waals surface area contributed by atoms with Crippen LogP contribution in [0.3, 0.4) is 0 Å². The molecule has 0 aromatic heterocycles. The van der Waals surface area contributed by atoms with Crippen LogP contribution in [0.25, 0.3) is 0 Å². The van der Waals surface area contributed by atoms with Crippen molar-refractivity contribution in [2.24, 2.45) is 0 Å². The van der Waals surface area contributed by atoms with E-state index in [1.165, 1.54) is 26.2 Å². The Morgan fingerprint density at radius 1 is 0.970 bits per heavy atom. The molecule has 1 fully saturated rings. The molecule has 3 rings (SSSR count). The molecule has 2 aromatic carbocycles. The van der Waals surface area contributed by atoms with Gasteiger partial charge in [0.15, 0.2) is 0 Å². The van der Waals surface area contributed by atoms with Gasteiger partial charge >= 0.3 is 0 Å². The molecule has 1 aliphatic heterocycles. The second kappa shape index (κ2) is 10.1. The SMILES string of the molecule is CCCS(=O)(=O)Nc1ccc(NC(=O)c2cc(S(=O)(=O)N(C)C)ccc2N2CCCC2)cc1. The second-order valence-electron chi connectivity index (χ2n) is 8.11. The maximum atomic E-state index is 13.2. The highest BCUT2D eigenvalue weighted by molar-refractivity contribution is 7.92. The molecule has 1 amide bonds. The Morgan fingerprint density at radius 2 is 1.58 bits per heavy atom. The number of carbonyl (C=O) groups excluding carboxylic acids is 1. The molecule has 33 heavy (non-hydrogen) atoms. The highest BCUT2D eigenvalue weighted by atomic mass is 32.2. The van der Waals surface area contributed by atoms with Crippen molar-refractivity contribution in [1.29, 1.82) is 0 Å². The zero-order valence-corrected chi connectivity index (χ0v) is 20.7. The van der Waals surface area contributed by atoms with Crippen molar-refractivity contribution in [3.8, 4) is 0 Å². The van der Waals surface area contributed by atoms with Crippen molar-refractivity contribution in [1.82, 2.24) is 4.31 Å². The van der Waals surface area contributed by atoms with Gasteiger partial charge in [0.2, 0.25) is 20.0 Å². The van der Waals surface area contributed by atoms with Crippen LogP contribution in [0.4, 0.5) is 17.1 Å². The number of carbonyl (C=O) groups is 1. The summed E-state index contributed by atoms with van der Waals surface area (Å²) in [5.41, 5.74) is 1.82. The third-order valence-corrected chi connectivity index (χ3v) is 8.63. The van der Waals surface area contributed by atoms with E-state index in [2.05, 4.69) is 14.9 Å². The minimum Gasteiger partial charge on any atom is -0.371 e. The number of benzene rings is 2. The summed E-state index contributed by atoms with van der Waals surface area (Å²) >= 11 is 0. The molecule has 0 unspecified atom stereocenters. The molecule has 1 saturated heterocycles. The Hall–Kier alpha value is -2.63. The highest BCUT2D eigenvalue weighted by Crippen LogP contribution is 2.29. The van der Waals surface area contributed by atoms with Crippen molar-refractivity contribution in [3.05, 3.63) is 48.0 Å². The minimum atomic E-state index is -3.70. The number of sulfonamides is 2. The molecule has 0 saturated carbocycles. The van der Waals surface area contributed by atoms with Gasteiger partial charge in [-0.15, -0.1) is 0 Å². The molecule has 0 bridgehead atoms. The molecule has 0 radical (unpaired) electrons. The molecular formula is C22H30N4O5S2. The lowest BCUT2D eigenvalue weighted by atomic mass is 10.1. The van der Waals surface area contributed by atoms with Crippen LogP contribution in [0, 0.1) is 0 Å². The molecule has 1 aliphatic rings. The molecule has 0 aliphatic carbocycles. The first-order valence-electron chi connectivity index (χ1n) is 10.8. The molecule has 1 heterocycles. The third-order valence-electron chi connectivity index (χ3n) is 5.33. The van der Waals surface area contributed by atoms with Crippen LogP contribution in [0.15, 0.2) is 47.4 Å². The van der Waals surface area contributed by atoms with Gasteiger partial charge in [0, 0.05) is 44.2 Å². The van der Waals surface area contributed by atoms with Gasteiger partial charge in [-0.1, -0.05) is 6.92 Å². The third kappa shape index (κ3) is 6.04. The van der Waals surface area contributed by atoms with Crippen molar-refractivity contribution in [2.45, 2.75) is 31.1 Å². The number of nitrogens with zero attached hydrogens (tertiary/aromatic N) is 2. The number of amides is 1. The number of hydrogen-bond acceptors (Lipinski definition) is 6. The van der Waals surface area contributed by atoms with Gasteiger partial charge in [-0.25, -0.2) is 21.1 Å². The number of rotatable bonds is 9. The Bertz CT molecular complexity index is 1200. The fraction of sp³-hybridized carbons (Fsp3) is 0.409. The van der Waals surface area contributed by atoms with Crippen LogP contribution in [-0.2, 0) is 20.0 Å². The molecule has 0 spiro atoms. The average molecular weight is 495 g/mol. The van der Waals surface area contributed by atoms with Crippen molar-refractivity contribution >= 4 is 43.0 Å². The fourth-order valence-electron chi connectivity index (χ4n) is 3.62. The van der Waals surface area contributed by atoms with Crippen LogP contribution in [-0.4, -0.2) is 60.0 Å². The number of hydrogen-bond donors (Lipinski definition) is 2. The molecule has 9 nitrogen and oxygen atoms in total. The second-order valence-corrected chi connectivity index (χ2v) is 12.1. The van der Waals surface area contributed by atoms with Crippen molar-refractivity contribution < 1.29 is 21.6 Å². The van der Waals surface area contributed by atoms with E-state index in [-0.39, 0.29) is 16.2 Å². The first kappa shape index (κ1) is 25.0. The summed E-state index contributed by atoms with van der Waals surface area (Å²) < 4.78 is 52.7. The van der Waals surface area contributed by atoms with Crippen LogP contribution >= 0.6 is 0 Å². The topological polar surface area (TPSA) is 116 Å². The lowest BCUT2D eigenvalue weighted by Crippen LogP contribution is -2.25. The Morgan fingerprint density at radius 3 is 2.15 bits per heavy atom. The lowest BCUT2D eigenvalue weighted by molar-refractivity contribution is 0.102. The molecule has 2 aromatic rings. The predicted octanol–water partition coefficient (Wildman–Crippen LogP) is 2.94. The summed E-state index contributed by atoms with van der Waals surface area (Å²) in [6.07, 6.45) is 2.52. The van der Waals surface area contributed by atoms with E-state index < -0.39 is 26.0 Å². The fourth-order valence-corrected chi connectivity index (χ4v) is 5.68. The van der Waals surface area contributed by atoms with Gasteiger partial charge in [0.25, 0.3) is 5.91 Å². The molecule has 180 valence electrons. The van der Waals surface area contributed by atoms with Crippen LogP contribution < -0.4 is 14.9 Å². The largest absolute Gasteiger partial charge is 0.371 e. The minimum absolute atomic E-state index is 0.0248. The summed E-state index contributed by atoms with van der Waals surface area (Å²) in [6.45, 7) is 3.38. The summed E-state index contributed by atoms with van der Waals surface area (Å²) in [5.74, 6) is -0.413. The summed E-state index contributed by atoms with van der Waals surface area (Å²) in [6, 6.07) is 10.9. The van der Waals surface area contributed by atoms with E-state index in [0.717, 1.165) is 30.2 Å². The monoisotopic (exact) mass is 494 g/mol. The van der Waals surface area contributed by atoms with Gasteiger partial charge in [-0.3, -0.25) is 9.52 Å². The van der Waals surface area contributed by atoms with Crippen LogP contribution in [0.5, 0.6) is 0 Å².